The molecular weight excluding hydrogens is 381 g/mol. The number of nitrogens with one attached hydrogen (secondary N) is 1. The molecule has 1 aromatic carbocycles. The number of aromatic nitrogens is 2. The number of halogens is 1. The summed E-state index contributed by atoms with van der Waals surface area (Å²) in [6.07, 6.45) is 4.21. The van der Waals surface area contributed by atoms with Gasteiger partial charge in [-0.05, 0) is 65.5 Å². The van der Waals surface area contributed by atoms with Gasteiger partial charge < -0.3 is 5.32 Å². The quantitative estimate of drug-likeness (QED) is 0.487. The highest BCUT2D eigenvalue weighted by molar-refractivity contribution is 7.19. The van der Waals surface area contributed by atoms with Crippen LogP contribution in [0.25, 0.3) is 20.9 Å². The molecule has 0 fully saturated rings. The van der Waals surface area contributed by atoms with Crippen LogP contribution in [0.4, 0.5) is 9.39 Å². The lowest BCUT2D eigenvalue weighted by Gasteiger charge is -2.06. The lowest BCUT2D eigenvalue weighted by molar-refractivity contribution is 0.102. The lowest BCUT2D eigenvalue weighted by Crippen LogP contribution is -2.12. The van der Waals surface area contributed by atoms with Crippen LogP contribution in [-0.2, 0) is 0 Å². The Labute approximate surface area is 163 Å². The van der Waals surface area contributed by atoms with Crippen LogP contribution < -0.4 is 5.32 Å². The molecule has 0 saturated heterocycles. The third-order valence-corrected chi connectivity index (χ3v) is 5.91. The summed E-state index contributed by atoms with van der Waals surface area (Å²) < 4.78 is 17.9. The molecule has 0 unspecified atom stereocenters. The summed E-state index contributed by atoms with van der Waals surface area (Å²) in [4.78, 5) is 18.1. The topological polar surface area (TPSA) is 54.9 Å². The lowest BCUT2D eigenvalue weighted by atomic mass is 10.0. The molecule has 0 spiro atoms. The van der Waals surface area contributed by atoms with E-state index in [1.165, 1.54) is 35.1 Å². The Bertz CT molecular complexity index is 1110. The number of anilines is 1. The second-order valence-corrected chi connectivity index (χ2v) is 7.80. The highest BCUT2D eigenvalue weighted by Gasteiger charge is 2.14. The molecular formula is C20H14FN3OS2. The van der Waals surface area contributed by atoms with Gasteiger partial charge in [0.25, 0.3) is 5.91 Å². The molecule has 0 aliphatic rings. The summed E-state index contributed by atoms with van der Waals surface area (Å²) in [5.41, 5.74) is 3.32. The van der Waals surface area contributed by atoms with Crippen LogP contribution >= 0.6 is 22.9 Å². The van der Waals surface area contributed by atoms with E-state index in [1.54, 1.807) is 6.20 Å². The van der Waals surface area contributed by atoms with Crippen molar-refractivity contribution < 1.29 is 9.18 Å². The third-order valence-electron chi connectivity index (χ3n) is 4.09. The number of carbonyl (C=O) groups is 1. The standard InChI is InChI=1S/C20H14FN3OS2/c1-12-2-3-13(17-7-9-23-27-17)10-15(12)18-4-5-19(26-18)24-20(25)14-6-8-22-11-16(14)21/h2-11H,1H3,(H,24,25). The van der Waals surface area contributed by atoms with E-state index in [2.05, 4.69) is 39.8 Å². The highest BCUT2D eigenvalue weighted by atomic mass is 32.1. The van der Waals surface area contributed by atoms with E-state index in [-0.39, 0.29) is 5.56 Å². The number of hydrogen-bond donors (Lipinski definition) is 1. The molecule has 3 heterocycles. The van der Waals surface area contributed by atoms with Crippen molar-refractivity contribution in [3.8, 4) is 20.9 Å². The number of pyridine rings is 1. The fraction of sp³-hybridized carbons (Fsp3) is 0.0500. The van der Waals surface area contributed by atoms with Crippen molar-refractivity contribution in [3.05, 3.63) is 78.0 Å². The van der Waals surface area contributed by atoms with Gasteiger partial charge in [0, 0.05) is 17.3 Å². The van der Waals surface area contributed by atoms with Gasteiger partial charge in [0.15, 0.2) is 5.82 Å². The Balaban J connectivity index is 1.60. The number of rotatable bonds is 4. The molecule has 0 saturated carbocycles. The van der Waals surface area contributed by atoms with Gasteiger partial charge in [0.2, 0.25) is 0 Å². The summed E-state index contributed by atoms with van der Waals surface area (Å²) in [5.74, 6) is -1.13. The first-order valence-corrected chi connectivity index (χ1v) is 9.73. The maximum absolute atomic E-state index is 13.7. The minimum Gasteiger partial charge on any atom is -0.313 e. The van der Waals surface area contributed by atoms with E-state index in [0.29, 0.717) is 5.00 Å². The van der Waals surface area contributed by atoms with Gasteiger partial charge in [0.1, 0.15) is 0 Å². The second-order valence-electron chi connectivity index (χ2n) is 5.88. The summed E-state index contributed by atoms with van der Waals surface area (Å²) in [6.45, 7) is 2.05. The van der Waals surface area contributed by atoms with Crippen LogP contribution in [0.3, 0.4) is 0 Å². The Kier molecular flexibility index (Phi) is 4.79. The van der Waals surface area contributed by atoms with Crippen molar-refractivity contribution >= 4 is 33.8 Å². The maximum Gasteiger partial charge on any atom is 0.259 e. The van der Waals surface area contributed by atoms with Gasteiger partial charge in [0.05, 0.1) is 21.6 Å². The largest absolute Gasteiger partial charge is 0.313 e. The zero-order valence-electron chi connectivity index (χ0n) is 14.3. The van der Waals surface area contributed by atoms with Crippen molar-refractivity contribution in [2.24, 2.45) is 0 Å². The summed E-state index contributed by atoms with van der Waals surface area (Å²) >= 11 is 2.91. The zero-order chi connectivity index (χ0) is 18.8. The Morgan fingerprint density at radius 1 is 1.07 bits per heavy atom. The molecule has 1 N–H and O–H groups in total. The van der Waals surface area contributed by atoms with Crippen molar-refractivity contribution in [1.82, 2.24) is 9.36 Å². The van der Waals surface area contributed by atoms with E-state index in [4.69, 9.17) is 0 Å². The van der Waals surface area contributed by atoms with Gasteiger partial charge in [-0.25, -0.2) is 8.76 Å². The van der Waals surface area contributed by atoms with E-state index >= 15 is 0 Å². The monoisotopic (exact) mass is 395 g/mol. The molecule has 27 heavy (non-hydrogen) atoms. The highest BCUT2D eigenvalue weighted by Crippen LogP contribution is 2.36. The van der Waals surface area contributed by atoms with Gasteiger partial charge >= 0.3 is 0 Å². The molecule has 0 aliphatic heterocycles. The van der Waals surface area contributed by atoms with Crippen LogP contribution in [0.5, 0.6) is 0 Å². The van der Waals surface area contributed by atoms with Gasteiger partial charge in [-0.1, -0.05) is 12.1 Å². The number of aryl methyl sites for hydroxylation is 1. The predicted molar refractivity (Wildman–Crippen MR) is 108 cm³/mol. The van der Waals surface area contributed by atoms with Crippen LogP contribution in [0.1, 0.15) is 15.9 Å². The molecule has 4 rings (SSSR count). The normalized spacial score (nSPS) is 10.7. The Morgan fingerprint density at radius 3 is 2.74 bits per heavy atom. The molecule has 0 aliphatic carbocycles. The first-order valence-electron chi connectivity index (χ1n) is 8.14. The van der Waals surface area contributed by atoms with Crippen LogP contribution in [0.2, 0.25) is 0 Å². The average molecular weight is 395 g/mol. The molecule has 4 nitrogen and oxygen atoms in total. The van der Waals surface area contributed by atoms with Crippen LogP contribution in [0, 0.1) is 12.7 Å². The molecule has 7 heteroatoms. The van der Waals surface area contributed by atoms with Gasteiger partial charge in [-0.3, -0.25) is 9.78 Å². The number of carbonyl (C=O) groups excluding carboxylic acids is 1. The molecule has 134 valence electrons. The average Bonchev–Trinajstić information content (AvgIpc) is 3.34. The first-order chi connectivity index (χ1) is 13.1. The first kappa shape index (κ1) is 17.5. The van der Waals surface area contributed by atoms with Crippen LogP contribution in [0.15, 0.2) is 61.1 Å². The Hall–Kier alpha value is -2.90. The summed E-state index contributed by atoms with van der Waals surface area (Å²) in [5, 5.41) is 3.42. The maximum atomic E-state index is 13.7. The van der Waals surface area contributed by atoms with Crippen molar-refractivity contribution in [2.75, 3.05) is 5.32 Å². The molecule has 1 amide bonds. The zero-order valence-corrected chi connectivity index (χ0v) is 15.9. The van der Waals surface area contributed by atoms with Crippen molar-refractivity contribution in [1.29, 1.82) is 0 Å². The molecule has 0 bridgehead atoms. The molecule has 4 aromatic rings. The van der Waals surface area contributed by atoms with E-state index in [0.717, 1.165) is 32.6 Å². The summed E-state index contributed by atoms with van der Waals surface area (Å²) in [7, 11) is 0. The van der Waals surface area contributed by atoms with Crippen molar-refractivity contribution in [2.45, 2.75) is 6.92 Å². The van der Waals surface area contributed by atoms with Gasteiger partial charge in [-0.15, -0.1) is 11.3 Å². The molecule has 3 aromatic heterocycles. The summed E-state index contributed by atoms with van der Waals surface area (Å²) in [6, 6.07) is 13.4. The number of hydrogen-bond acceptors (Lipinski definition) is 5. The van der Waals surface area contributed by atoms with Gasteiger partial charge in [-0.2, -0.15) is 0 Å². The van der Waals surface area contributed by atoms with Crippen LogP contribution in [-0.4, -0.2) is 15.3 Å². The van der Waals surface area contributed by atoms with E-state index in [9.17, 15) is 9.18 Å². The number of thiophene rings is 1. The van der Waals surface area contributed by atoms with Crippen molar-refractivity contribution in [3.63, 3.8) is 0 Å². The minimum absolute atomic E-state index is 0.0247. The number of benzene rings is 1. The second kappa shape index (κ2) is 7.38. The Morgan fingerprint density at radius 2 is 1.96 bits per heavy atom. The van der Waals surface area contributed by atoms with E-state index < -0.39 is 11.7 Å². The SMILES string of the molecule is Cc1ccc(-c2ccns2)cc1-c1ccc(NC(=O)c2ccncc2F)s1. The third kappa shape index (κ3) is 3.65. The molecule has 0 radical (unpaired) electrons. The fourth-order valence-corrected chi connectivity index (χ4v) is 4.27. The fourth-order valence-electron chi connectivity index (χ4n) is 2.69. The molecule has 0 atom stereocenters. The predicted octanol–water partition coefficient (Wildman–Crippen LogP) is 5.63. The minimum atomic E-state index is -0.639. The van der Waals surface area contributed by atoms with E-state index in [1.807, 2.05) is 18.2 Å². The smallest absolute Gasteiger partial charge is 0.259 e. The number of amides is 1. The number of nitrogens with zero attached hydrogens (tertiary/aromatic N) is 2.